The van der Waals surface area contributed by atoms with Crippen LogP contribution in [0.5, 0.6) is 5.75 Å². The lowest BCUT2D eigenvalue weighted by Gasteiger charge is -2.01. The Kier molecular flexibility index (Phi) is 2.79. The number of nitrogens with two attached hydrogens (primary N) is 1. The standard InChI is InChI=1S/C9H7FN2O2/c10-7-2-5(8(13)4-12)1-6(3-11)9(7)14/h1-2,14H,4,12H2. The number of benzene rings is 1. The number of ketones is 1. The van der Waals surface area contributed by atoms with Crippen LogP contribution in [0.2, 0.25) is 0 Å². The number of aromatic hydroxyl groups is 1. The molecular weight excluding hydrogens is 187 g/mol. The van der Waals surface area contributed by atoms with Gasteiger partial charge in [-0.1, -0.05) is 0 Å². The zero-order chi connectivity index (χ0) is 10.7. The van der Waals surface area contributed by atoms with Crippen molar-refractivity contribution < 1.29 is 14.3 Å². The summed E-state index contributed by atoms with van der Waals surface area (Å²) >= 11 is 0. The molecule has 0 spiro atoms. The van der Waals surface area contributed by atoms with Crippen LogP contribution in [0, 0.1) is 17.1 Å². The van der Waals surface area contributed by atoms with Gasteiger partial charge in [-0.3, -0.25) is 4.79 Å². The third kappa shape index (κ3) is 1.70. The van der Waals surface area contributed by atoms with Gasteiger partial charge in [0.05, 0.1) is 12.1 Å². The van der Waals surface area contributed by atoms with Crippen molar-refractivity contribution in [3.8, 4) is 11.8 Å². The number of nitriles is 1. The highest BCUT2D eigenvalue weighted by atomic mass is 19.1. The molecule has 0 fully saturated rings. The lowest BCUT2D eigenvalue weighted by Crippen LogP contribution is -2.13. The molecule has 0 aliphatic carbocycles. The highest BCUT2D eigenvalue weighted by molar-refractivity contribution is 5.98. The molecule has 72 valence electrons. The number of carbonyl (C=O) groups is 1. The molecule has 0 unspecified atom stereocenters. The summed E-state index contributed by atoms with van der Waals surface area (Å²) < 4.78 is 12.9. The first-order valence-corrected chi connectivity index (χ1v) is 3.76. The SMILES string of the molecule is N#Cc1cc(C(=O)CN)cc(F)c1O. The number of rotatable bonds is 2. The molecule has 1 aromatic rings. The zero-order valence-corrected chi connectivity index (χ0v) is 7.12. The number of phenols is 1. The number of Topliss-reactive ketones (excluding diaryl/α,β-unsaturated/α-hetero) is 1. The third-order valence-electron chi connectivity index (χ3n) is 1.69. The minimum absolute atomic E-state index is 0.0145. The Morgan fingerprint density at radius 3 is 2.79 bits per heavy atom. The molecule has 0 atom stereocenters. The van der Waals surface area contributed by atoms with Crippen LogP contribution < -0.4 is 5.73 Å². The van der Waals surface area contributed by atoms with Gasteiger partial charge in [-0.15, -0.1) is 0 Å². The van der Waals surface area contributed by atoms with Gasteiger partial charge in [-0.2, -0.15) is 5.26 Å². The van der Waals surface area contributed by atoms with E-state index < -0.39 is 17.3 Å². The summed E-state index contributed by atoms with van der Waals surface area (Å²) in [5, 5.41) is 17.5. The van der Waals surface area contributed by atoms with Crippen molar-refractivity contribution in [1.82, 2.24) is 0 Å². The normalized spacial score (nSPS) is 9.50. The largest absolute Gasteiger partial charge is 0.504 e. The van der Waals surface area contributed by atoms with Crippen molar-refractivity contribution in [3.05, 3.63) is 29.1 Å². The highest BCUT2D eigenvalue weighted by Crippen LogP contribution is 2.22. The van der Waals surface area contributed by atoms with Gasteiger partial charge in [0.2, 0.25) is 0 Å². The fourth-order valence-electron chi connectivity index (χ4n) is 0.963. The van der Waals surface area contributed by atoms with Crippen molar-refractivity contribution in [1.29, 1.82) is 5.26 Å². The Morgan fingerprint density at radius 2 is 2.29 bits per heavy atom. The monoisotopic (exact) mass is 194 g/mol. The van der Waals surface area contributed by atoms with Crippen LogP contribution in [0.25, 0.3) is 0 Å². The van der Waals surface area contributed by atoms with E-state index in [4.69, 9.17) is 16.1 Å². The second-order valence-corrected chi connectivity index (χ2v) is 2.59. The first-order valence-electron chi connectivity index (χ1n) is 3.76. The van der Waals surface area contributed by atoms with Gasteiger partial charge in [-0.25, -0.2) is 4.39 Å². The first-order chi connectivity index (χ1) is 6.60. The van der Waals surface area contributed by atoms with Crippen molar-refractivity contribution in [2.45, 2.75) is 0 Å². The fraction of sp³-hybridized carbons (Fsp3) is 0.111. The average molecular weight is 194 g/mol. The molecule has 0 aliphatic heterocycles. The van der Waals surface area contributed by atoms with E-state index in [1.54, 1.807) is 6.07 Å². The average Bonchev–Trinajstić information content (AvgIpc) is 2.20. The van der Waals surface area contributed by atoms with Crippen LogP contribution in [-0.4, -0.2) is 17.4 Å². The lowest BCUT2D eigenvalue weighted by atomic mass is 10.1. The predicted octanol–water partition coefficient (Wildman–Crippen LogP) is 0.544. The number of hydrogen-bond donors (Lipinski definition) is 2. The van der Waals surface area contributed by atoms with E-state index in [-0.39, 0.29) is 17.7 Å². The Labute approximate surface area is 79.4 Å². The highest BCUT2D eigenvalue weighted by Gasteiger charge is 2.12. The fourth-order valence-corrected chi connectivity index (χ4v) is 0.963. The van der Waals surface area contributed by atoms with Crippen molar-refractivity contribution in [2.24, 2.45) is 5.73 Å². The molecule has 0 heterocycles. The molecule has 0 bridgehead atoms. The molecule has 0 aliphatic rings. The van der Waals surface area contributed by atoms with Gasteiger partial charge in [0.1, 0.15) is 6.07 Å². The molecule has 0 radical (unpaired) electrons. The van der Waals surface area contributed by atoms with Gasteiger partial charge in [0, 0.05) is 5.56 Å². The Balaban J connectivity index is 3.32. The maximum Gasteiger partial charge on any atom is 0.176 e. The molecule has 0 amide bonds. The predicted molar refractivity (Wildman–Crippen MR) is 46.2 cm³/mol. The number of halogens is 1. The summed E-state index contributed by atoms with van der Waals surface area (Å²) in [6.45, 7) is -0.269. The second kappa shape index (κ2) is 3.85. The van der Waals surface area contributed by atoms with Crippen molar-refractivity contribution >= 4 is 5.78 Å². The van der Waals surface area contributed by atoms with Gasteiger partial charge >= 0.3 is 0 Å². The quantitative estimate of drug-likeness (QED) is 0.673. The zero-order valence-electron chi connectivity index (χ0n) is 7.12. The Bertz CT molecular complexity index is 424. The number of nitrogens with zero attached hydrogens (tertiary/aromatic N) is 1. The van der Waals surface area contributed by atoms with Crippen LogP contribution >= 0.6 is 0 Å². The second-order valence-electron chi connectivity index (χ2n) is 2.59. The molecule has 3 N–H and O–H groups in total. The number of carbonyl (C=O) groups excluding carboxylic acids is 1. The van der Waals surface area contributed by atoms with Crippen LogP contribution in [0.1, 0.15) is 15.9 Å². The van der Waals surface area contributed by atoms with Crippen LogP contribution in [0.3, 0.4) is 0 Å². The molecule has 1 aromatic carbocycles. The topological polar surface area (TPSA) is 87.1 Å². The van der Waals surface area contributed by atoms with E-state index in [9.17, 15) is 9.18 Å². The van der Waals surface area contributed by atoms with Crippen LogP contribution in [0.4, 0.5) is 4.39 Å². The van der Waals surface area contributed by atoms with Gasteiger partial charge < -0.3 is 10.8 Å². The van der Waals surface area contributed by atoms with E-state index in [0.717, 1.165) is 12.1 Å². The Hall–Kier alpha value is -1.93. The summed E-state index contributed by atoms with van der Waals surface area (Å²) in [4.78, 5) is 11.1. The molecule has 0 saturated carbocycles. The van der Waals surface area contributed by atoms with Crippen LogP contribution in [0.15, 0.2) is 12.1 Å². The molecule has 14 heavy (non-hydrogen) atoms. The molecule has 5 heteroatoms. The number of hydrogen-bond acceptors (Lipinski definition) is 4. The van der Waals surface area contributed by atoms with E-state index in [1.807, 2.05) is 0 Å². The molecule has 0 saturated heterocycles. The smallest absolute Gasteiger partial charge is 0.176 e. The summed E-state index contributed by atoms with van der Waals surface area (Å²) in [6, 6.07) is 3.53. The molecule has 0 aromatic heterocycles. The van der Waals surface area contributed by atoms with E-state index >= 15 is 0 Å². The minimum Gasteiger partial charge on any atom is -0.504 e. The van der Waals surface area contributed by atoms with Crippen molar-refractivity contribution in [2.75, 3.05) is 6.54 Å². The molecule has 4 nitrogen and oxygen atoms in total. The van der Waals surface area contributed by atoms with E-state index in [1.165, 1.54) is 0 Å². The summed E-state index contributed by atoms with van der Waals surface area (Å²) in [6.07, 6.45) is 0. The van der Waals surface area contributed by atoms with Gasteiger partial charge in [0.15, 0.2) is 17.3 Å². The van der Waals surface area contributed by atoms with E-state index in [0.29, 0.717) is 0 Å². The lowest BCUT2D eigenvalue weighted by molar-refractivity contribution is 0.100. The number of phenolic OH excluding ortho intramolecular Hbond substituents is 1. The maximum atomic E-state index is 12.9. The van der Waals surface area contributed by atoms with Gasteiger partial charge in [-0.05, 0) is 12.1 Å². The van der Waals surface area contributed by atoms with Crippen molar-refractivity contribution in [3.63, 3.8) is 0 Å². The van der Waals surface area contributed by atoms with Crippen LogP contribution in [-0.2, 0) is 0 Å². The summed E-state index contributed by atoms with van der Waals surface area (Å²) in [5.74, 6) is -2.23. The summed E-state index contributed by atoms with van der Waals surface area (Å²) in [7, 11) is 0. The minimum atomic E-state index is -0.999. The maximum absolute atomic E-state index is 12.9. The van der Waals surface area contributed by atoms with E-state index in [2.05, 4.69) is 0 Å². The van der Waals surface area contributed by atoms with Gasteiger partial charge in [0.25, 0.3) is 0 Å². The molecule has 1 rings (SSSR count). The third-order valence-corrected chi connectivity index (χ3v) is 1.69. The first kappa shape index (κ1) is 10.2. The molecular formula is C9H7FN2O2. The Morgan fingerprint density at radius 1 is 1.64 bits per heavy atom. The summed E-state index contributed by atoms with van der Waals surface area (Å²) in [5.41, 5.74) is 4.78.